The van der Waals surface area contributed by atoms with Crippen molar-refractivity contribution in [3.8, 4) is 0 Å². The Bertz CT molecular complexity index is 916. The van der Waals surface area contributed by atoms with Gasteiger partial charge >= 0.3 is 6.03 Å². The van der Waals surface area contributed by atoms with E-state index in [0.29, 0.717) is 19.5 Å². The summed E-state index contributed by atoms with van der Waals surface area (Å²) in [6, 6.07) is 16.0. The van der Waals surface area contributed by atoms with Gasteiger partial charge in [0.1, 0.15) is 5.82 Å². The quantitative estimate of drug-likeness (QED) is 0.576. The average molecular weight is 393 g/mol. The fourth-order valence-corrected chi connectivity index (χ4v) is 3.54. The third-order valence-electron chi connectivity index (χ3n) is 5.14. The summed E-state index contributed by atoms with van der Waals surface area (Å²) < 4.78 is 5.42. The predicted octanol–water partition coefficient (Wildman–Crippen LogP) is 2.44. The number of hydrogen-bond acceptors (Lipinski definition) is 4. The Morgan fingerprint density at radius 2 is 1.79 bits per heavy atom. The Hall–Kier alpha value is -2.90. The van der Waals surface area contributed by atoms with Gasteiger partial charge in [0, 0.05) is 39.1 Å². The number of morpholine rings is 1. The molecule has 1 aromatic heterocycles. The van der Waals surface area contributed by atoms with E-state index in [4.69, 9.17) is 4.74 Å². The summed E-state index contributed by atoms with van der Waals surface area (Å²) in [5.74, 6) is 0.877. The van der Waals surface area contributed by atoms with Gasteiger partial charge in [-0.15, -0.1) is 0 Å². The normalized spacial score (nSPS) is 14.8. The van der Waals surface area contributed by atoms with E-state index >= 15 is 0 Å². The first kappa shape index (κ1) is 19.4. The number of nitrogens with zero attached hydrogens (tertiary/aromatic N) is 2. The highest BCUT2D eigenvalue weighted by Gasteiger charge is 2.13. The van der Waals surface area contributed by atoms with Crippen molar-refractivity contribution in [1.29, 1.82) is 0 Å². The minimum atomic E-state index is -0.165. The Morgan fingerprint density at radius 1 is 1.03 bits per heavy atom. The summed E-state index contributed by atoms with van der Waals surface area (Å²) in [6.45, 7) is 5.39. The van der Waals surface area contributed by atoms with Crippen molar-refractivity contribution in [2.45, 2.75) is 19.5 Å². The Labute approximate surface area is 170 Å². The van der Waals surface area contributed by atoms with Gasteiger partial charge in [-0.2, -0.15) is 0 Å². The highest BCUT2D eigenvalue weighted by atomic mass is 16.5. The van der Waals surface area contributed by atoms with Crippen LogP contribution in [0.4, 0.5) is 4.79 Å². The van der Waals surface area contributed by atoms with Crippen molar-refractivity contribution in [3.05, 3.63) is 65.5 Å². The van der Waals surface area contributed by atoms with E-state index in [1.807, 2.05) is 36.4 Å². The van der Waals surface area contributed by atoms with E-state index in [1.165, 1.54) is 5.56 Å². The number of amides is 2. The lowest BCUT2D eigenvalue weighted by molar-refractivity contribution is 0.0341. The summed E-state index contributed by atoms with van der Waals surface area (Å²) in [7, 11) is 0. The number of ether oxygens (including phenoxy) is 1. The molecule has 3 aromatic rings. The van der Waals surface area contributed by atoms with E-state index in [-0.39, 0.29) is 6.03 Å². The lowest BCUT2D eigenvalue weighted by Gasteiger charge is -2.27. The molecule has 2 heterocycles. The molecule has 1 saturated heterocycles. The molecule has 3 N–H and O–H groups in total. The Morgan fingerprint density at radius 3 is 2.62 bits per heavy atom. The summed E-state index contributed by atoms with van der Waals surface area (Å²) in [4.78, 5) is 22.4. The van der Waals surface area contributed by atoms with E-state index in [0.717, 1.165) is 55.3 Å². The minimum absolute atomic E-state index is 0.165. The number of H-pyrrole nitrogens is 1. The SMILES string of the molecule is O=C(NCCc1nc2ccccc2[nH]1)NCc1ccccc1CN1CCOCC1. The second-order valence-electron chi connectivity index (χ2n) is 7.22. The van der Waals surface area contributed by atoms with Gasteiger partial charge in [-0.1, -0.05) is 36.4 Å². The first-order valence-corrected chi connectivity index (χ1v) is 10.1. The molecule has 1 aliphatic rings. The van der Waals surface area contributed by atoms with Crippen LogP contribution in [0.2, 0.25) is 0 Å². The second kappa shape index (κ2) is 9.54. The highest BCUT2D eigenvalue weighted by molar-refractivity contribution is 5.75. The topological polar surface area (TPSA) is 82.3 Å². The van der Waals surface area contributed by atoms with Crippen molar-refractivity contribution in [2.24, 2.45) is 0 Å². The fraction of sp³-hybridized carbons (Fsp3) is 0.364. The van der Waals surface area contributed by atoms with Gasteiger partial charge in [0.05, 0.1) is 24.2 Å². The van der Waals surface area contributed by atoms with Gasteiger partial charge < -0.3 is 20.4 Å². The number of nitrogens with one attached hydrogen (secondary N) is 3. The predicted molar refractivity (Wildman–Crippen MR) is 113 cm³/mol. The van der Waals surface area contributed by atoms with Crippen LogP contribution in [-0.2, 0) is 24.2 Å². The molecule has 0 unspecified atom stereocenters. The number of benzene rings is 2. The summed E-state index contributed by atoms with van der Waals surface area (Å²) in [6.07, 6.45) is 0.662. The molecule has 7 nitrogen and oxygen atoms in total. The zero-order valence-corrected chi connectivity index (χ0v) is 16.5. The van der Waals surface area contributed by atoms with Crippen molar-refractivity contribution in [2.75, 3.05) is 32.8 Å². The third-order valence-corrected chi connectivity index (χ3v) is 5.14. The maximum Gasteiger partial charge on any atom is 0.315 e. The molecule has 0 atom stereocenters. The Kier molecular flexibility index (Phi) is 6.38. The van der Waals surface area contributed by atoms with Gasteiger partial charge in [0.2, 0.25) is 0 Å². The molecule has 0 spiro atoms. The molecular weight excluding hydrogens is 366 g/mol. The van der Waals surface area contributed by atoms with Crippen molar-refractivity contribution in [1.82, 2.24) is 25.5 Å². The molecule has 2 amide bonds. The van der Waals surface area contributed by atoms with Gasteiger partial charge in [-0.05, 0) is 23.3 Å². The monoisotopic (exact) mass is 393 g/mol. The molecule has 0 bridgehead atoms. The number of rotatable bonds is 7. The average Bonchev–Trinajstić information content (AvgIpc) is 3.17. The van der Waals surface area contributed by atoms with Crippen molar-refractivity contribution >= 4 is 17.1 Å². The van der Waals surface area contributed by atoms with Crippen molar-refractivity contribution in [3.63, 3.8) is 0 Å². The van der Waals surface area contributed by atoms with Gasteiger partial charge in [0.15, 0.2) is 0 Å². The lowest BCUT2D eigenvalue weighted by Crippen LogP contribution is -2.37. The molecule has 152 valence electrons. The molecular formula is C22H27N5O2. The number of fused-ring (bicyclic) bond motifs is 1. The molecule has 4 rings (SSSR count). The summed E-state index contributed by atoms with van der Waals surface area (Å²) in [5, 5.41) is 5.88. The molecule has 0 radical (unpaired) electrons. The summed E-state index contributed by atoms with van der Waals surface area (Å²) >= 11 is 0. The van der Waals surface area contributed by atoms with Crippen molar-refractivity contribution < 1.29 is 9.53 Å². The highest BCUT2D eigenvalue weighted by Crippen LogP contribution is 2.13. The van der Waals surface area contributed by atoms with E-state index in [9.17, 15) is 4.79 Å². The maximum absolute atomic E-state index is 12.2. The van der Waals surface area contributed by atoms with Crippen LogP contribution in [0.25, 0.3) is 11.0 Å². The van der Waals surface area contributed by atoms with Crippen LogP contribution in [-0.4, -0.2) is 53.7 Å². The number of urea groups is 1. The largest absolute Gasteiger partial charge is 0.379 e. The van der Waals surface area contributed by atoms with Gasteiger partial charge in [0.25, 0.3) is 0 Å². The second-order valence-corrected chi connectivity index (χ2v) is 7.22. The number of imidazole rings is 1. The van der Waals surface area contributed by atoms with Gasteiger partial charge in [-0.25, -0.2) is 9.78 Å². The Balaban J connectivity index is 1.24. The van der Waals surface area contributed by atoms with Crippen LogP contribution in [0.3, 0.4) is 0 Å². The van der Waals surface area contributed by atoms with Crippen LogP contribution < -0.4 is 10.6 Å². The first-order valence-electron chi connectivity index (χ1n) is 10.1. The van der Waals surface area contributed by atoms with Crippen LogP contribution in [0.5, 0.6) is 0 Å². The molecule has 29 heavy (non-hydrogen) atoms. The van der Waals surface area contributed by atoms with Gasteiger partial charge in [-0.3, -0.25) is 4.90 Å². The fourth-order valence-electron chi connectivity index (χ4n) is 3.54. The number of carbonyl (C=O) groups excluding carboxylic acids is 1. The smallest absolute Gasteiger partial charge is 0.315 e. The third kappa shape index (κ3) is 5.34. The number of para-hydroxylation sites is 2. The molecule has 1 fully saturated rings. The molecule has 2 aromatic carbocycles. The van der Waals surface area contributed by atoms with Crippen LogP contribution in [0.1, 0.15) is 17.0 Å². The standard InChI is InChI=1S/C22H27N5O2/c28-22(23-10-9-21-25-19-7-3-4-8-20(19)26-21)24-15-17-5-1-2-6-18(17)16-27-11-13-29-14-12-27/h1-8H,9-16H2,(H,25,26)(H2,23,24,28). The molecule has 0 saturated carbocycles. The van der Waals surface area contributed by atoms with Crippen LogP contribution >= 0.6 is 0 Å². The van der Waals surface area contributed by atoms with E-state index < -0.39 is 0 Å². The lowest BCUT2D eigenvalue weighted by atomic mass is 10.1. The van der Waals surface area contributed by atoms with Crippen LogP contribution in [0, 0.1) is 0 Å². The number of carbonyl (C=O) groups is 1. The molecule has 7 heteroatoms. The van der Waals surface area contributed by atoms with E-state index in [2.05, 4.69) is 37.6 Å². The minimum Gasteiger partial charge on any atom is -0.379 e. The number of aromatic nitrogens is 2. The zero-order valence-electron chi connectivity index (χ0n) is 16.5. The molecule has 0 aliphatic carbocycles. The van der Waals surface area contributed by atoms with E-state index in [1.54, 1.807) is 0 Å². The maximum atomic E-state index is 12.2. The number of aromatic amines is 1. The summed E-state index contributed by atoms with van der Waals surface area (Å²) in [5.41, 5.74) is 4.36. The zero-order chi connectivity index (χ0) is 19.9. The number of hydrogen-bond donors (Lipinski definition) is 3. The van der Waals surface area contributed by atoms with Crippen LogP contribution in [0.15, 0.2) is 48.5 Å². The molecule has 1 aliphatic heterocycles. The first-order chi connectivity index (χ1) is 14.3.